The van der Waals surface area contributed by atoms with Crippen LogP contribution in [-0.2, 0) is 0 Å². The molecular weight excluding hydrogens is 442 g/mol. The third-order valence-corrected chi connectivity index (χ3v) is 4.39. The Hall–Kier alpha value is -4.45. The molecule has 4 N–H and O–H groups in total. The minimum Gasteiger partial charge on any atom is -0.497 e. The predicted octanol–water partition coefficient (Wildman–Crippen LogP) is 2.56. The summed E-state index contributed by atoms with van der Waals surface area (Å²) in [6, 6.07) is 12.5. The van der Waals surface area contributed by atoms with E-state index < -0.39 is 22.4 Å². The molecule has 32 heavy (non-hydrogen) atoms. The Morgan fingerprint density at radius 3 is 2.12 bits per heavy atom. The van der Waals surface area contributed by atoms with Crippen molar-refractivity contribution in [2.45, 2.75) is 0 Å². The van der Waals surface area contributed by atoms with E-state index in [1.54, 1.807) is 24.3 Å². The number of halogens is 1. The molecule has 0 spiro atoms. The standard InChI is InChI=1S/C19H16ClN7O5/c1-32-12-8-6-11(7-9-12)18(28)25-23-16-15(27(30)31)17(22-10-21-16)24-26-19(29)13-4-2-3-5-14(13)20/h2-10H,1H3,(H,25,28)(H,26,29)(H2,21,22,23,24). The summed E-state index contributed by atoms with van der Waals surface area (Å²) >= 11 is 5.97. The fourth-order valence-electron chi connectivity index (χ4n) is 2.49. The molecule has 0 aliphatic rings. The molecule has 2 amide bonds. The van der Waals surface area contributed by atoms with Crippen LogP contribution in [-0.4, -0.2) is 33.8 Å². The molecule has 0 fully saturated rings. The summed E-state index contributed by atoms with van der Waals surface area (Å²) < 4.78 is 5.02. The monoisotopic (exact) mass is 457 g/mol. The quantitative estimate of drug-likeness (QED) is 0.294. The Morgan fingerprint density at radius 1 is 0.969 bits per heavy atom. The highest BCUT2D eigenvalue weighted by atomic mass is 35.5. The summed E-state index contributed by atoms with van der Waals surface area (Å²) in [5.74, 6) is -1.25. The third kappa shape index (κ3) is 5.17. The van der Waals surface area contributed by atoms with Crippen molar-refractivity contribution in [1.82, 2.24) is 20.8 Å². The van der Waals surface area contributed by atoms with Crippen LogP contribution < -0.4 is 26.4 Å². The smallest absolute Gasteiger partial charge is 0.356 e. The highest BCUT2D eigenvalue weighted by Crippen LogP contribution is 2.28. The second-order valence-electron chi connectivity index (χ2n) is 6.04. The molecule has 0 saturated heterocycles. The molecule has 1 aromatic heterocycles. The number of hydrogen-bond acceptors (Lipinski definition) is 9. The number of methoxy groups -OCH3 is 1. The molecule has 0 atom stereocenters. The van der Waals surface area contributed by atoms with Crippen LogP contribution in [0.2, 0.25) is 5.02 Å². The number of nitrogens with zero attached hydrogens (tertiary/aromatic N) is 3. The van der Waals surface area contributed by atoms with Crippen LogP contribution in [0.4, 0.5) is 17.3 Å². The maximum absolute atomic E-state index is 12.3. The zero-order valence-corrected chi connectivity index (χ0v) is 17.2. The minimum absolute atomic E-state index is 0.156. The largest absolute Gasteiger partial charge is 0.497 e. The Kier molecular flexibility index (Phi) is 6.98. The van der Waals surface area contributed by atoms with Gasteiger partial charge in [-0.3, -0.25) is 41.4 Å². The van der Waals surface area contributed by atoms with Crippen molar-refractivity contribution in [3.63, 3.8) is 0 Å². The predicted molar refractivity (Wildman–Crippen MR) is 115 cm³/mol. The van der Waals surface area contributed by atoms with E-state index in [0.717, 1.165) is 6.33 Å². The van der Waals surface area contributed by atoms with Crippen molar-refractivity contribution in [3.8, 4) is 5.75 Å². The molecule has 164 valence electrons. The SMILES string of the molecule is COc1ccc(C(=O)NNc2ncnc(NNC(=O)c3ccccc3Cl)c2[N+](=O)[O-])cc1. The molecule has 3 rings (SSSR count). The van der Waals surface area contributed by atoms with Crippen LogP contribution >= 0.6 is 11.6 Å². The number of carbonyl (C=O) groups excluding carboxylic acids is 2. The average Bonchev–Trinajstić information content (AvgIpc) is 2.81. The second kappa shape index (κ2) is 10.0. The zero-order valence-electron chi connectivity index (χ0n) is 16.5. The number of amides is 2. The fourth-order valence-corrected chi connectivity index (χ4v) is 2.72. The van der Waals surface area contributed by atoms with E-state index in [9.17, 15) is 19.7 Å². The number of hydrogen-bond donors (Lipinski definition) is 4. The van der Waals surface area contributed by atoms with Gasteiger partial charge in [0, 0.05) is 5.56 Å². The number of ether oxygens (including phenoxy) is 1. The van der Waals surface area contributed by atoms with Gasteiger partial charge in [-0.15, -0.1) is 0 Å². The molecule has 3 aromatic rings. The number of carbonyl (C=O) groups is 2. The van der Waals surface area contributed by atoms with Crippen LogP contribution in [0.25, 0.3) is 0 Å². The third-order valence-electron chi connectivity index (χ3n) is 4.06. The van der Waals surface area contributed by atoms with Crippen LogP contribution in [0.1, 0.15) is 20.7 Å². The molecular formula is C19H16ClN7O5. The topological polar surface area (TPSA) is 160 Å². The summed E-state index contributed by atoms with van der Waals surface area (Å²) in [7, 11) is 1.49. The van der Waals surface area contributed by atoms with Gasteiger partial charge in [-0.05, 0) is 36.4 Å². The number of nitrogens with one attached hydrogen (secondary N) is 4. The molecule has 1 heterocycles. The van der Waals surface area contributed by atoms with Gasteiger partial charge in [-0.1, -0.05) is 23.7 Å². The number of aromatic nitrogens is 2. The molecule has 0 radical (unpaired) electrons. The Labute approximate surface area is 186 Å². The lowest BCUT2D eigenvalue weighted by atomic mass is 10.2. The first-order chi connectivity index (χ1) is 15.4. The van der Waals surface area contributed by atoms with Gasteiger partial charge < -0.3 is 4.74 Å². The fraction of sp³-hybridized carbons (Fsp3) is 0.0526. The maximum atomic E-state index is 12.3. The first-order valence-corrected chi connectivity index (χ1v) is 9.29. The molecule has 13 heteroatoms. The molecule has 0 unspecified atom stereocenters. The number of anilines is 2. The molecule has 0 bridgehead atoms. The van der Waals surface area contributed by atoms with Crippen molar-refractivity contribution in [1.29, 1.82) is 0 Å². The van der Waals surface area contributed by atoms with Gasteiger partial charge in [-0.25, -0.2) is 9.97 Å². The number of hydrazine groups is 2. The van der Waals surface area contributed by atoms with E-state index >= 15 is 0 Å². The number of benzene rings is 2. The van der Waals surface area contributed by atoms with Crippen LogP contribution in [0.5, 0.6) is 5.75 Å². The Morgan fingerprint density at radius 2 is 1.56 bits per heavy atom. The van der Waals surface area contributed by atoms with Crippen molar-refractivity contribution < 1.29 is 19.2 Å². The first-order valence-electron chi connectivity index (χ1n) is 8.91. The highest BCUT2D eigenvalue weighted by molar-refractivity contribution is 6.33. The molecule has 0 aliphatic carbocycles. The summed E-state index contributed by atoms with van der Waals surface area (Å²) in [6.45, 7) is 0. The van der Waals surface area contributed by atoms with Gasteiger partial charge in [-0.2, -0.15) is 0 Å². The summed E-state index contributed by atoms with van der Waals surface area (Å²) in [5, 5.41) is 11.8. The van der Waals surface area contributed by atoms with E-state index in [4.69, 9.17) is 16.3 Å². The van der Waals surface area contributed by atoms with E-state index in [1.165, 1.54) is 31.4 Å². The van der Waals surface area contributed by atoms with Gasteiger partial charge >= 0.3 is 5.69 Å². The van der Waals surface area contributed by atoms with Crippen LogP contribution in [0.3, 0.4) is 0 Å². The number of nitro groups is 1. The number of rotatable bonds is 8. The van der Waals surface area contributed by atoms with Crippen molar-refractivity contribution >= 4 is 40.7 Å². The van der Waals surface area contributed by atoms with E-state index in [2.05, 4.69) is 31.7 Å². The van der Waals surface area contributed by atoms with Crippen molar-refractivity contribution in [2.75, 3.05) is 18.0 Å². The molecule has 2 aromatic carbocycles. The van der Waals surface area contributed by atoms with Crippen molar-refractivity contribution in [2.24, 2.45) is 0 Å². The zero-order chi connectivity index (χ0) is 23.1. The van der Waals surface area contributed by atoms with Crippen molar-refractivity contribution in [3.05, 3.63) is 81.1 Å². The van der Waals surface area contributed by atoms with Gasteiger partial charge in [0.05, 0.1) is 22.6 Å². The maximum Gasteiger partial charge on any atom is 0.356 e. The minimum atomic E-state index is -0.772. The Bertz CT molecular complexity index is 1160. The van der Waals surface area contributed by atoms with E-state index in [-0.39, 0.29) is 27.8 Å². The van der Waals surface area contributed by atoms with Gasteiger partial charge in [0.2, 0.25) is 11.6 Å². The normalized spacial score (nSPS) is 10.1. The molecule has 12 nitrogen and oxygen atoms in total. The molecule has 0 saturated carbocycles. The molecule has 0 aliphatic heterocycles. The van der Waals surface area contributed by atoms with E-state index in [1.807, 2.05) is 0 Å². The summed E-state index contributed by atoms with van der Waals surface area (Å²) in [6.07, 6.45) is 1.01. The lowest BCUT2D eigenvalue weighted by Crippen LogP contribution is -2.32. The second-order valence-corrected chi connectivity index (χ2v) is 6.45. The highest BCUT2D eigenvalue weighted by Gasteiger charge is 2.24. The lowest BCUT2D eigenvalue weighted by Gasteiger charge is -2.12. The average molecular weight is 458 g/mol. The lowest BCUT2D eigenvalue weighted by molar-refractivity contribution is -0.383. The van der Waals surface area contributed by atoms with E-state index in [0.29, 0.717) is 5.75 Å². The van der Waals surface area contributed by atoms with Gasteiger partial charge in [0.25, 0.3) is 11.8 Å². The Balaban J connectivity index is 1.72. The van der Waals surface area contributed by atoms with Gasteiger partial charge in [0.1, 0.15) is 12.1 Å². The van der Waals surface area contributed by atoms with Crippen LogP contribution in [0, 0.1) is 10.1 Å². The van der Waals surface area contributed by atoms with Crippen LogP contribution in [0.15, 0.2) is 54.9 Å². The first kappa shape index (κ1) is 22.2. The summed E-state index contributed by atoms with van der Waals surface area (Å²) in [5.41, 5.74) is 9.19. The van der Waals surface area contributed by atoms with Gasteiger partial charge in [0.15, 0.2) is 0 Å². The summed E-state index contributed by atoms with van der Waals surface area (Å²) in [4.78, 5) is 42.9.